The van der Waals surface area contributed by atoms with E-state index in [2.05, 4.69) is 79.4 Å². The Balaban J connectivity index is 0.000000415. The maximum Gasteiger partial charge on any atom is 0.297 e. The monoisotopic (exact) mass is 2010 g/mol. The van der Waals surface area contributed by atoms with Crippen LogP contribution in [0.5, 0.6) is 5.75 Å². The fourth-order valence-corrected chi connectivity index (χ4v) is 16.2. The molecule has 742 valence electrons. The van der Waals surface area contributed by atoms with Crippen molar-refractivity contribution in [2.45, 2.75) is 118 Å². The van der Waals surface area contributed by atoms with E-state index in [0.717, 1.165) is 77.6 Å². The average Bonchev–Trinajstić information content (AvgIpc) is 1.57. The second-order valence-electron chi connectivity index (χ2n) is 32.1. The molecule has 9 aromatic rings. The first-order valence-corrected chi connectivity index (χ1v) is 52.8. The molecule has 0 aliphatic heterocycles. The number of nitrogens with zero attached hydrogens (tertiary/aromatic N) is 7. The Hall–Kier alpha value is -10.3. The SMILES string of the molecule is C#CCN(C)C(C)Cc1ccc(OCCOS(C)(=O)=O)cc1.C#CCN(C)[C@H](CCl)Cc1ccccc1.C#CCN(C)[C@H](CCl)Cc1ccco1.C#CCN(C)[C@H](COS(=O)(=O)c1ccc(C)cc1)Cc1ccccc1.C#CCN(C)[C@H](COS(=O)(=O)c1ccc(C)cc1)Cc1ccco1.C#CCN(C)[C@H](COS(C)(=O)=O)Cc1ccccc1.C#CCN(C)[C@H](COS(C)(=O)=O)Cc1ccco1. The van der Waals surface area contributed by atoms with Gasteiger partial charge in [0.15, 0.2) is 0 Å². The van der Waals surface area contributed by atoms with Crippen molar-refractivity contribution in [3.05, 3.63) is 270 Å². The summed E-state index contributed by atoms with van der Waals surface area (Å²) in [5.74, 6) is 22.4. The number of alkyl halides is 2. The Bertz CT molecular complexity index is 5750. The van der Waals surface area contributed by atoms with Crippen molar-refractivity contribution >= 4 is 73.8 Å². The number of benzene rings is 6. The minimum atomic E-state index is -3.81. The summed E-state index contributed by atoms with van der Waals surface area (Å²) in [6.45, 7) is 9.88. The van der Waals surface area contributed by atoms with Gasteiger partial charge in [-0.05, 0) is 191 Å². The van der Waals surface area contributed by atoms with E-state index in [4.69, 9.17) is 103 Å². The van der Waals surface area contributed by atoms with Crippen LogP contribution in [0.2, 0.25) is 0 Å². The standard InChI is InChI=1S/C20H23NO3S.C18H21NO4S.C16H23NO4S.C14H19NO3S.C13H16ClN.C12H17NO4S.C11H14ClNO/c1-4-14-21(3)19(15-18-8-6-5-7-9-18)16-24-25(22,23)20-12-10-17(2)11-13-20;1-4-11-19(3)16(13-17-6-5-12-22-17)14-23-24(20,21)18-9-7-15(2)8-10-18;1-5-10-17(3)14(2)13-15-6-8-16(9-7-15)20-11-12-21-22(4,18)19;1-4-10-15(2)14(12-18-19(3,16)17)11-13-8-6-5-7-9-13;1-3-9-15(2)13(11-14)10-12-7-5-4-6-8-12;1-4-7-13(2)11(10-17-18(3,14)15)9-12-6-5-8-16-12;1-3-6-13(2)10(9-12)8-11-5-4-7-14-11/h1,5-13,19H,14-16H2,2-3H3;1,5-10,12,16H,11,13-14H2,2-3H3;1,6-9,14H,10-13H2,2-4H3;1,5-9,14H,10-12H2,2-3H3;1,4-8,13H,9-11H2,2H3;1,5-6,8,11H,7,9-10H2,2-3H3;1,4-5,7,10H,6,8-9H2,2H3/t19-;16-;;14-;13-;11-;10-/m00.0000/s1. The van der Waals surface area contributed by atoms with E-state index < -0.39 is 50.6 Å². The van der Waals surface area contributed by atoms with E-state index in [0.29, 0.717) is 101 Å². The summed E-state index contributed by atoms with van der Waals surface area (Å²) in [6, 6.07) is 62.3. The zero-order chi connectivity index (χ0) is 102. The average molecular weight is 2020 g/mol. The third-order valence-corrected chi connectivity index (χ3v) is 25.8. The van der Waals surface area contributed by atoms with Crippen LogP contribution in [0.4, 0.5) is 0 Å². The molecule has 0 radical (unpaired) electrons. The zero-order valence-corrected chi connectivity index (χ0v) is 86.2. The molecular weight excluding hydrogens is 1880 g/mol. The van der Waals surface area contributed by atoms with Crippen LogP contribution in [0.1, 0.15) is 57.6 Å². The Morgan fingerprint density at radius 3 is 0.854 bits per heavy atom. The van der Waals surface area contributed by atoms with Gasteiger partial charge in [-0.1, -0.05) is 180 Å². The first kappa shape index (κ1) is 121. The number of likely N-dealkylation sites (N-methyl/N-ethyl adjacent to an activating group) is 7. The summed E-state index contributed by atoms with van der Waals surface area (Å²) in [6.07, 6.45) is 50.1. The molecule has 3 aromatic heterocycles. The predicted octanol–water partition coefficient (Wildman–Crippen LogP) is 13.2. The quantitative estimate of drug-likeness (QED) is 0.0148. The largest absolute Gasteiger partial charge is 0.491 e. The first-order valence-electron chi connectivity index (χ1n) is 43.5. The van der Waals surface area contributed by atoms with Gasteiger partial charge in [0.05, 0.1) is 120 Å². The van der Waals surface area contributed by atoms with E-state index in [-0.39, 0.29) is 79.6 Å². The lowest BCUT2D eigenvalue weighted by Gasteiger charge is -2.26. The maximum atomic E-state index is 12.4. The molecule has 3 heterocycles. The van der Waals surface area contributed by atoms with Crippen molar-refractivity contribution in [3.63, 3.8) is 0 Å². The van der Waals surface area contributed by atoms with Crippen LogP contribution in [-0.4, -0.2) is 284 Å². The fraction of sp³-hybridized carbons (Fsp3) is 0.404. The van der Waals surface area contributed by atoms with Gasteiger partial charge in [0.25, 0.3) is 50.6 Å². The number of halogens is 2. The van der Waals surface area contributed by atoms with Crippen molar-refractivity contribution < 1.29 is 81.0 Å². The number of furan rings is 3. The van der Waals surface area contributed by atoms with Crippen molar-refractivity contribution in [1.82, 2.24) is 34.3 Å². The molecule has 6 aromatic carbocycles. The van der Waals surface area contributed by atoms with E-state index in [1.807, 2.05) is 210 Å². The molecule has 9 rings (SSSR count). The Labute approximate surface area is 828 Å². The van der Waals surface area contributed by atoms with Crippen LogP contribution >= 0.6 is 23.2 Å². The molecule has 0 aliphatic carbocycles. The second-order valence-corrected chi connectivity index (χ2v) is 40.9. The summed E-state index contributed by atoms with van der Waals surface area (Å²) >= 11 is 11.8. The molecule has 0 amide bonds. The lowest BCUT2D eigenvalue weighted by atomic mass is 10.1. The van der Waals surface area contributed by atoms with Gasteiger partial charge in [-0.3, -0.25) is 55.2 Å². The number of ether oxygens (including phenoxy) is 1. The molecule has 33 heteroatoms. The summed E-state index contributed by atoms with van der Waals surface area (Å²) in [5, 5.41) is 0. The summed E-state index contributed by atoms with van der Waals surface area (Å²) in [4.78, 5) is 14.2. The van der Waals surface area contributed by atoms with Crippen LogP contribution in [0, 0.1) is 100 Å². The molecule has 26 nitrogen and oxygen atoms in total. The van der Waals surface area contributed by atoms with Gasteiger partial charge in [-0.15, -0.1) is 68.2 Å². The molecule has 0 saturated carbocycles. The molecule has 0 spiro atoms. The van der Waals surface area contributed by atoms with Crippen LogP contribution in [0.25, 0.3) is 0 Å². The number of aryl methyl sites for hydroxylation is 2. The summed E-state index contributed by atoms with van der Waals surface area (Å²) in [7, 11) is -4.54. The van der Waals surface area contributed by atoms with Gasteiger partial charge in [-0.25, -0.2) is 0 Å². The van der Waals surface area contributed by atoms with Gasteiger partial charge in [0.1, 0.15) is 36.2 Å². The van der Waals surface area contributed by atoms with Gasteiger partial charge in [0.2, 0.25) is 0 Å². The third-order valence-electron chi connectivity index (χ3n) is 20.7. The molecule has 0 aliphatic rings. The number of hydrogen-bond acceptors (Lipinski definition) is 26. The molecule has 0 saturated heterocycles. The topological polar surface area (TPSA) is 288 Å². The van der Waals surface area contributed by atoms with Crippen molar-refractivity contribution in [2.24, 2.45) is 0 Å². The van der Waals surface area contributed by atoms with Gasteiger partial charge >= 0.3 is 0 Å². The molecule has 0 fully saturated rings. The van der Waals surface area contributed by atoms with Crippen LogP contribution in [0.3, 0.4) is 0 Å². The Morgan fingerprint density at radius 1 is 0.307 bits per heavy atom. The van der Waals surface area contributed by atoms with Gasteiger partial charge in [0, 0.05) is 73.3 Å². The normalized spacial score (nSPS) is 12.9. The van der Waals surface area contributed by atoms with Gasteiger partial charge in [-0.2, -0.15) is 42.1 Å². The first-order chi connectivity index (χ1) is 65.0. The molecule has 137 heavy (non-hydrogen) atoms. The molecule has 0 N–H and O–H groups in total. The molecule has 1 unspecified atom stereocenters. The van der Waals surface area contributed by atoms with Crippen molar-refractivity contribution in [1.29, 1.82) is 0 Å². The van der Waals surface area contributed by atoms with Crippen LogP contribution in [0.15, 0.2) is 242 Å². The number of hydrogen-bond donors (Lipinski definition) is 0. The van der Waals surface area contributed by atoms with E-state index >= 15 is 0 Å². The highest BCUT2D eigenvalue weighted by Crippen LogP contribution is 2.22. The van der Waals surface area contributed by atoms with Crippen molar-refractivity contribution in [3.8, 4) is 92.2 Å². The van der Waals surface area contributed by atoms with Crippen molar-refractivity contribution in [2.75, 3.05) is 165 Å². The summed E-state index contributed by atoms with van der Waals surface area (Å²) < 4.78 is 161. The van der Waals surface area contributed by atoms with E-state index in [1.54, 1.807) is 67.3 Å². The highest BCUT2D eigenvalue weighted by molar-refractivity contribution is 7.87. The molecule has 0 bridgehead atoms. The fourth-order valence-electron chi connectivity index (χ4n) is 12.5. The smallest absolute Gasteiger partial charge is 0.297 e. The molecular formula is C104H133Cl2N7O19S5. The highest BCUT2D eigenvalue weighted by Gasteiger charge is 2.26. The third kappa shape index (κ3) is 53.5. The predicted molar refractivity (Wildman–Crippen MR) is 548 cm³/mol. The summed E-state index contributed by atoms with van der Waals surface area (Å²) in [5.41, 5.74) is 6.69. The minimum absolute atomic E-state index is 0.00487. The zero-order valence-electron chi connectivity index (χ0n) is 80.6. The second kappa shape index (κ2) is 66.3. The van der Waals surface area contributed by atoms with E-state index in [9.17, 15) is 42.1 Å². The number of rotatable bonds is 49. The Kier molecular flexibility index (Phi) is 58.5. The van der Waals surface area contributed by atoms with Crippen LogP contribution < -0.4 is 4.74 Å². The lowest BCUT2D eigenvalue weighted by molar-refractivity contribution is 0.172. The van der Waals surface area contributed by atoms with Gasteiger partial charge < -0.3 is 18.0 Å². The van der Waals surface area contributed by atoms with E-state index in [1.165, 1.54) is 23.3 Å². The Morgan fingerprint density at radius 2 is 0.569 bits per heavy atom. The minimum Gasteiger partial charge on any atom is -0.491 e. The van der Waals surface area contributed by atoms with Crippen LogP contribution in [-0.2, 0) is 116 Å². The maximum absolute atomic E-state index is 12.4. The molecule has 7 atom stereocenters. The lowest BCUT2D eigenvalue weighted by Crippen LogP contribution is -2.38. The highest BCUT2D eigenvalue weighted by atomic mass is 35.5. The number of terminal acetylenes is 7.